The van der Waals surface area contributed by atoms with Gasteiger partial charge in [-0.25, -0.2) is 0 Å². The number of H-pyrrole nitrogens is 1. The van der Waals surface area contributed by atoms with Gasteiger partial charge in [0.2, 0.25) is 0 Å². The fraction of sp³-hybridized carbons (Fsp3) is 0.182. The third-order valence-electron chi connectivity index (χ3n) is 2.36. The van der Waals surface area contributed by atoms with Crippen LogP contribution in [0.15, 0.2) is 24.4 Å². The average Bonchev–Trinajstić information content (AvgIpc) is 2.61. The summed E-state index contributed by atoms with van der Waals surface area (Å²) in [5.41, 5.74) is 7.61. The highest BCUT2D eigenvalue weighted by Crippen LogP contribution is 2.22. The lowest BCUT2D eigenvalue weighted by Gasteiger charge is -2.02. The molecule has 0 saturated carbocycles. The SMILES string of the molecule is N[C@@H](C=O)Cc1c[nH]c2ccc(Cl)cc12. The molecule has 1 atom stereocenters. The summed E-state index contributed by atoms with van der Waals surface area (Å²) in [5.74, 6) is 0. The molecule has 0 aliphatic heterocycles. The summed E-state index contributed by atoms with van der Waals surface area (Å²) in [5, 5.41) is 1.71. The first-order valence-corrected chi connectivity index (χ1v) is 5.05. The number of nitrogens with two attached hydrogens (primary N) is 1. The van der Waals surface area contributed by atoms with E-state index in [0.29, 0.717) is 11.4 Å². The number of fused-ring (bicyclic) bond motifs is 1. The molecule has 3 nitrogen and oxygen atoms in total. The van der Waals surface area contributed by atoms with Gasteiger partial charge in [-0.3, -0.25) is 0 Å². The summed E-state index contributed by atoms with van der Waals surface area (Å²) in [4.78, 5) is 13.6. The second-order valence-electron chi connectivity index (χ2n) is 3.51. The van der Waals surface area contributed by atoms with E-state index < -0.39 is 6.04 Å². The molecule has 0 saturated heterocycles. The maximum Gasteiger partial charge on any atom is 0.137 e. The first-order chi connectivity index (χ1) is 7.20. The van der Waals surface area contributed by atoms with Crippen LogP contribution in [-0.2, 0) is 11.2 Å². The van der Waals surface area contributed by atoms with Crippen molar-refractivity contribution in [2.24, 2.45) is 5.73 Å². The molecule has 0 bridgehead atoms. The Labute approximate surface area is 92.2 Å². The molecule has 1 heterocycles. The first-order valence-electron chi connectivity index (χ1n) is 4.67. The normalized spacial score (nSPS) is 12.9. The molecule has 3 N–H and O–H groups in total. The predicted octanol–water partition coefficient (Wildman–Crippen LogP) is 1.89. The molecule has 1 aromatic heterocycles. The highest BCUT2D eigenvalue weighted by Gasteiger charge is 2.08. The Bertz CT molecular complexity index is 492. The number of hydrogen-bond donors (Lipinski definition) is 2. The Hall–Kier alpha value is -1.32. The zero-order valence-electron chi connectivity index (χ0n) is 8.03. The maximum absolute atomic E-state index is 10.5. The number of hydrogen-bond acceptors (Lipinski definition) is 2. The minimum absolute atomic E-state index is 0.456. The van der Waals surface area contributed by atoms with E-state index in [1.165, 1.54) is 0 Å². The van der Waals surface area contributed by atoms with Crippen LogP contribution in [0.3, 0.4) is 0 Å². The fourth-order valence-corrected chi connectivity index (χ4v) is 1.79. The second-order valence-corrected chi connectivity index (χ2v) is 3.94. The van der Waals surface area contributed by atoms with Gasteiger partial charge in [-0.1, -0.05) is 11.6 Å². The van der Waals surface area contributed by atoms with E-state index in [0.717, 1.165) is 22.8 Å². The smallest absolute Gasteiger partial charge is 0.137 e. The highest BCUT2D eigenvalue weighted by atomic mass is 35.5. The van der Waals surface area contributed by atoms with Crippen LogP contribution in [0.4, 0.5) is 0 Å². The number of benzene rings is 1. The molecule has 0 amide bonds. The molecule has 0 aliphatic carbocycles. The first kappa shape index (κ1) is 10.2. The fourth-order valence-electron chi connectivity index (χ4n) is 1.62. The molecule has 0 radical (unpaired) electrons. The minimum Gasteiger partial charge on any atom is -0.361 e. The van der Waals surface area contributed by atoms with E-state index in [1.807, 2.05) is 24.4 Å². The van der Waals surface area contributed by atoms with Gasteiger partial charge < -0.3 is 15.5 Å². The number of carbonyl (C=O) groups excluding carboxylic acids is 1. The molecule has 4 heteroatoms. The van der Waals surface area contributed by atoms with Crippen molar-refractivity contribution in [3.8, 4) is 0 Å². The molecule has 78 valence electrons. The topological polar surface area (TPSA) is 58.9 Å². The standard InChI is InChI=1S/C11H11ClN2O/c12-8-1-2-11-10(4-8)7(5-14-11)3-9(13)6-15/h1-2,4-6,9,14H,3,13H2/t9-/m1/s1. The quantitative estimate of drug-likeness (QED) is 0.780. The molecule has 0 aliphatic rings. The predicted molar refractivity (Wildman–Crippen MR) is 61.1 cm³/mol. The molecular formula is C11H11ClN2O. The number of aromatic amines is 1. The van der Waals surface area contributed by atoms with E-state index in [9.17, 15) is 4.79 Å². The number of nitrogens with one attached hydrogen (secondary N) is 1. The Morgan fingerprint density at radius 3 is 3.07 bits per heavy atom. The maximum atomic E-state index is 10.5. The van der Waals surface area contributed by atoms with Crippen LogP contribution in [0.25, 0.3) is 10.9 Å². The summed E-state index contributed by atoms with van der Waals surface area (Å²) in [7, 11) is 0. The van der Waals surface area contributed by atoms with Crippen LogP contribution in [-0.4, -0.2) is 17.3 Å². The Kier molecular flexibility index (Phi) is 2.75. The van der Waals surface area contributed by atoms with Crippen LogP contribution >= 0.6 is 11.6 Å². The van der Waals surface area contributed by atoms with Crippen molar-refractivity contribution in [1.29, 1.82) is 0 Å². The number of aromatic nitrogens is 1. The molecule has 15 heavy (non-hydrogen) atoms. The van der Waals surface area contributed by atoms with E-state index in [-0.39, 0.29) is 0 Å². The largest absolute Gasteiger partial charge is 0.361 e. The van der Waals surface area contributed by atoms with Gasteiger partial charge in [0.25, 0.3) is 0 Å². The number of halogens is 1. The van der Waals surface area contributed by atoms with Crippen molar-refractivity contribution in [2.45, 2.75) is 12.5 Å². The van der Waals surface area contributed by atoms with Crippen molar-refractivity contribution < 1.29 is 4.79 Å². The summed E-state index contributed by atoms with van der Waals surface area (Å²) in [6.45, 7) is 0. The van der Waals surface area contributed by atoms with Gasteiger partial charge in [-0.15, -0.1) is 0 Å². The Morgan fingerprint density at radius 2 is 2.33 bits per heavy atom. The van der Waals surface area contributed by atoms with Gasteiger partial charge in [0.1, 0.15) is 6.29 Å². The summed E-state index contributed by atoms with van der Waals surface area (Å²) >= 11 is 5.90. The van der Waals surface area contributed by atoms with Gasteiger partial charge >= 0.3 is 0 Å². The number of rotatable bonds is 3. The lowest BCUT2D eigenvalue weighted by molar-refractivity contribution is -0.108. The third-order valence-corrected chi connectivity index (χ3v) is 2.59. The van der Waals surface area contributed by atoms with Gasteiger partial charge in [-0.05, 0) is 30.2 Å². The number of carbonyl (C=O) groups is 1. The van der Waals surface area contributed by atoms with Crippen molar-refractivity contribution in [2.75, 3.05) is 0 Å². The molecule has 0 unspecified atom stereocenters. The van der Waals surface area contributed by atoms with Crippen LogP contribution in [0.5, 0.6) is 0 Å². The van der Waals surface area contributed by atoms with Crippen LogP contribution < -0.4 is 5.73 Å². The van der Waals surface area contributed by atoms with Crippen LogP contribution in [0.2, 0.25) is 5.02 Å². The van der Waals surface area contributed by atoms with Crippen molar-refractivity contribution in [3.63, 3.8) is 0 Å². The summed E-state index contributed by atoms with van der Waals surface area (Å²) in [6.07, 6.45) is 3.15. The zero-order chi connectivity index (χ0) is 10.8. The highest BCUT2D eigenvalue weighted by molar-refractivity contribution is 6.31. The lowest BCUT2D eigenvalue weighted by Crippen LogP contribution is -2.23. The Balaban J connectivity index is 2.43. The zero-order valence-corrected chi connectivity index (χ0v) is 8.79. The van der Waals surface area contributed by atoms with Crippen molar-refractivity contribution >= 4 is 28.8 Å². The molecule has 2 aromatic rings. The van der Waals surface area contributed by atoms with Gasteiger partial charge in [-0.2, -0.15) is 0 Å². The van der Waals surface area contributed by atoms with E-state index in [4.69, 9.17) is 17.3 Å². The third kappa shape index (κ3) is 2.03. The Morgan fingerprint density at radius 1 is 1.53 bits per heavy atom. The van der Waals surface area contributed by atoms with Gasteiger partial charge in [0, 0.05) is 22.1 Å². The summed E-state index contributed by atoms with van der Waals surface area (Å²) in [6, 6.07) is 5.15. The van der Waals surface area contributed by atoms with Crippen LogP contribution in [0, 0.1) is 0 Å². The lowest BCUT2D eigenvalue weighted by atomic mass is 10.1. The molecule has 2 rings (SSSR count). The molecule has 0 spiro atoms. The summed E-state index contributed by atoms with van der Waals surface area (Å²) < 4.78 is 0. The van der Waals surface area contributed by atoms with Crippen molar-refractivity contribution in [1.82, 2.24) is 4.98 Å². The van der Waals surface area contributed by atoms with E-state index in [1.54, 1.807) is 0 Å². The minimum atomic E-state index is -0.456. The van der Waals surface area contributed by atoms with Crippen molar-refractivity contribution in [3.05, 3.63) is 35.0 Å². The van der Waals surface area contributed by atoms with Crippen LogP contribution in [0.1, 0.15) is 5.56 Å². The van der Waals surface area contributed by atoms with E-state index in [2.05, 4.69) is 4.98 Å². The molecular weight excluding hydrogens is 212 g/mol. The molecule has 0 fully saturated rings. The number of aldehydes is 1. The monoisotopic (exact) mass is 222 g/mol. The van der Waals surface area contributed by atoms with Gasteiger partial charge in [0.15, 0.2) is 0 Å². The van der Waals surface area contributed by atoms with Gasteiger partial charge in [0.05, 0.1) is 6.04 Å². The second kappa shape index (κ2) is 4.04. The van der Waals surface area contributed by atoms with E-state index >= 15 is 0 Å². The average molecular weight is 223 g/mol. The molecule has 1 aromatic carbocycles.